The van der Waals surface area contributed by atoms with Crippen LogP contribution < -0.4 is 5.48 Å². The minimum Gasteiger partial charge on any atom is -0.350 e. The fraction of sp³-hybridized carbons (Fsp3) is 0.929. The third kappa shape index (κ3) is 3.51. The highest BCUT2D eigenvalue weighted by molar-refractivity contribution is 7.34. The molecule has 0 radical (unpaired) electrons. The molecule has 26 heavy (non-hydrogen) atoms. The molecule has 3 aliphatic rings. The van der Waals surface area contributed by atoms with Crippen LogP contribution in [0.5, 0.6) is 0 Å². The summed E-state index contributed by atoms with van der Waals surface area (Å²) in [6.07, 6.45) is 2.51. The van der Waals surface area contributed by atoms with Crippen molar-refractivity contribution in [3.05, 3.63) is 0 Å². The highest BCUT2D eigenvalue weighted by atomic mass is 31.1. The fourth-order valence-electron chi connectivity index (χ4n) is 4.36. The van der Waals surface area contributed by atoms with Crippen molar-refractivity contribution in [2.24, 2.45) is 5.92 Å². The highest BCUT2D eigenvalue weighted by Crippen LogP contribution is 2.55. The topological polar surface area (TPSA) is 69.3 Å². The van der Waals surface area contributed by atoms with Gasteiger partial charge < -0.3 is 14.2 Å². The van der Waals surface area contributed by atoms with Gasteiger partial charge in [0.1, 0.15) is 31.4 Å². The lowest BCUT2D eigenvalue weighted by Gasteiger charge is -2.62. The van der Waals surface area contributed by atoms with E-state index in [4.69, 9.17) is 19.0 Å². The van der Waals surface area contributed by atoms with Crippen LogP contribution in [0.25, 0.3) is 0 Å². The van der Waals surface area contributed by atoms with Crippen LogP contribution in [0.2, 0.25) is 5.21 Å². The molecule has 0 aromatic carbocycles. The molecule has 3 saturated heterocycles. The van der Waals surface area contributed by atoms with Gasteiger partial charge in [0.05, 0.1) is 25.7 Å². The molecule has 3 aliphatic heterocycles. The molecule has 3 unspecified atom stereocenters. The lowest BCUT2D eigenvalue weighted by Crippen LogP contribution is -2.73. The fourth-order valence-corrected chi connectivity index (χ4v) is 5.59. The van der Waals surface area contributed by atoms with Gasteiger partial charge in [-0.15, -0.1) is 0 Å². The lowest BCUT2D eigenvalue weighted by atomic mass is 9.28. The van der Waals surface area contributed by atoms with Crippen LogP contribution in [0.4, 0.5) is 0 Å². The van der Waals surface area contributed by atoms with E-state index >= 15 is 0 Å². The molecular weight excluding hydrogens is 350 g/mol. The van der Waals surface area contributed by atoms with Crippen LogP contribution in [0.1, 0.15) is 19.3 Å². The molecule has 0 aromatic heterocycles. The number of ether oxygens (including phenoxy) is 3. The zero-order valence-electron chi connectivity index (χ0n) is 16.6. The number of hydrogen-bond donors (Lipinski definition) is 1. The number of carbonyl (C=O) groups excluding carboxylic acids is 1. The number of amides is 1. The molecule has 12 heteroatoms. The summed E-state index contributed by atoms with van der Waals surface area (Å²) in [5, 5.41) is -0.580. The second kappa shape index (κ2) is 7.76. The van der Waals surface area contributed by atoms with Crippen molar-refractivity contribution >= 4 is 46.0 Å². The first kappa shape index (κ1) is 20.7. The van der Waals surface area contributed by atoms with E-state index in [9.17, 15) is 4.79 Å². The number of nitrogens with zero attached hydrogens (tertiary/aromatic N) is 1. The quantitative estimate of drug-likeness (QED) is 0.315. The average molecular weight is 380 g/mol. The van der Waals surface area contributed by atoms with Crippen LogP contribution in [0.3, 0.4) is 0 Å². The average Bonchev–Trinajstić information content (AvgIpc) is 3.06. The molecule has 0 saturated carbocycles. The Morgan fingerprint density at radius 3 is 2.46 bits per heavy atom. The first-order valence-electron chi connectivity index (χ1n) is 9.55. The van der Waals surface area contributed by atoms with Gasteiger partial charge in [-0.25, -0.2) is 10.3 Å². The summed E-state index contributed by atoms with van der Waals surface area (Å²) in [6.45, 7) is 4.42. The van der Waals surface area contributed by atoms with E-state index < -0.39 is 11.7 Å². The maximum atomic E-state index is 13.2. The lowest BCUT2D eigenvalue weighted by molar-refractivity contribution is -0.236. The second-order valence-electron chi connectivity index (χ2n) is 8.41. The van der Waals surface area contributed by atoms with Crippen LogP contribution in [0.15, 0.2) is 0 Å². The van der Waals surface area contributed by atoms with Crippen molar-refractivity contribution in [1.29, 1.82) is 0 Å². The third-order valence-electron chi connectivity index (χ3n) is 6.53. The summed E-state index contributed by atoms with van der Waals surface area (Å²) in [6, 6.07) is 0. The zero-order chi connectivity index (χ0) is 19.0. The predicted octanol–water partition coefficient (Wildman–Crippen LogP) is -3.24. The van der Waals surface area contributed by atoms with Gasteiger partial charge in [-0.2, -0.15) is 0 Å². The number of hydrogen-bond acceptors (Lipinski definition) is 6. The molecule has 3 rings (SSSR count). The summed E-state index contributed by atoms with van der Waals surface area (Å²) in [4.78, 5) is 18.8. The smallest absolute Gasteiger partial charge is 0.251 e. The summed E-state index contributed by atoms with van der Waals surface area (Å²) < 4.78 is 20.0. The van der Waals surface area contributed by atoms with Crippen molar-refractivity contribution in [3.8, 4) is 0 Å². The van der Waals surface area contributed by atoms with Crippen molar-refractivity contribution in [3.63, 3.8) is 0 Å². The third-order valence-corrected chi connectivity index (χ3v) is 7.79. The molecule has 1 spiro atoms. The second-order valence-corrected chi connectivity index (χ2v) is 9.40. The first-order valence-corrected chi connectivity index (χ1v) is 11.0. The van der Waals surface area contributed by atoms with E-state index in [1.54, 1.807) is 0 Å². The van der Waals surface area contributed by atoms with E-state index in [0.29, 0.717) is 35.1 Å². The van der Waals surface area contributed by atoms with E-state index in [1.807, 2.05) is 0 Å². The first-order chi connectivity index (χ1) is 12.2. The number of piperidine rings is 1. The van der Waals surface area contributed by atoms with Gasteiger partial charge in [0.15, 0.2) is 12.1 Å². The summed E-state index contributed by atoms with van der Waals surface area (Å²) in [7, 11) is 9.22. The minimum absolute atomic E-state index is 0.190. The van der Waals surface area contributed by atoms with Gasteiger partial charge in [-0.3, -0.25) is 9.46 Å². The summed E-state index contributed by atoms with van der Waals surface area (Å²) in [5.74, 6) is -1.61. The van der Waals surface area contributed by atoms with Crippen LogP contribution in [-0.4, -0.2) is 92.4 Å². The Labute approximate surface area is 161 Å². The van der Waals surface area contributed by atoms with Crippen molar-refractivity contribution in [1.82, 2.24) is 10.2 Å². The van der Waals surface area contributed by atoms with Crippen LogP contribution >= 0.6 is 8.73 Å². The highest BCUT2D eigenvalue weighted by Gasteiger charge is 2.64. The molecule has 1 amide bonds. The van der Waals surface area contributed by atoms with Gasteiger partial charge in [0, 0.05) is 13.0 Å². The predicted molar refractivity (Wildman–Crippen MR) is 111 cm³/mol. The van der Waals surface area contributed by atoms with E-state index in [1.165, 1.54) is 0 Å². The molecule has 3 fully saturated rings. The van der Waals surface area contributed by atoms with Crippen molar-refractivity contribution in [2.45, 2.75) is 41.9 Å². The SMILES string of the molecule is BC1(B)C(C(=O)NOC2CCCCO2)C2(CN(PC)C1(B)B)OCCO2. The molecule has 0 bridgehead atoms. The zero-order valence-corrected chi connectivity index (χ0v) is 17.6. The molecular formula is C14H29B4N2O5P. The Bertz CT molecular complexity index is 527. The van der Waals surface area contributed by atoms with Gasteiger partial charge >= 0.3 is 0 Å². The van der Waals surface area contributed by atoms with Crippen LogP contribution in [-0.2, 0) is 23.8 Å². The molecule has 142 valence electrons. The van der Waals surface area contributed by atoms with Gasteiger partial charge in [0.25, 0.3) is 5.91 Å². The molecule has 0 aliphatic carbocycles. The van der Waals surface area contributed by atoms with Crippen molar-refractivity contribution < 1.29 is 23.8 Å². The number of rotatable bonds is 4. The van der Waals surface area contributed by atoms with Gasteiger partial charge in [-0.05, 0) is 24.8 Å². The largest absolute Gasteiger partial charge is 0.350 e. The normalized spacial score (nSPS) is 33.6. The minimum atomic E-state index is -0.928. The summed E-state index contributed by atoms with van der Waals surface area (Å²) >= 11 is 0. The summed E-state index contributed by atoms with van der Waals surface area (Å²) in [5.41, 5.74) is 2.66. The Balaban J connectivity index is 1.81. The Morgan fingerprint density at radius 2 is 1.88 bits per heavy atom. The van der Waals surface area contributed by atoms with Gasteiger partial charge in [0.2, 0.25) is 0 Å². The van der Waals surface area contributed by atoms with Gasteiger partial charge in [-0.1, -0.05) is 13.9 Å². The Hall–Kier alpha value is -0.0403. The Morgan fingerprint density at radius 1 is 1.19 bits per heavy atom. The maximum Gasteiger partial charge on any atom is 0.251 e. The molecule has 3 atom stereocenters. The molecule has 7 nitrogen and oxygen atoms in total. The Kier molecular flexibility index (Phi) is 6.18. The van der Waals surface area contributed by atoms with Crippen LogP contribution in [0, 0.1) is 5.92 Å². The van der Waals surface area contributed by atoms with E-state index in [0.717, 1.165) is 19.3 Å². The number of nitrogens with one attached hydrogen (secondary N) is 1. The monoisotopic (exact) mass is 380 g/mol. The number of hydroxylamine groups is 1. The number of carbonyl (C=O) groups is 1. The maximum absolute atomic E-state index is 13.2. The standard InChI is InChI=1S/C14H29B4N2O5P/c1-26-20-8-12(23-6-7-24-12)10(13(15,16)14(20,17)18)11(21)19-25-9-4-2-3-5-22-9/h9-10,26H,2-8,15-18H2,1H3,(H,19,21). The van der Waals surface area contributed by atoms with E-state index in [-0.39, 0.29) is 22.7 Å². The van der Waals surface area contributed by atoms with E-state index in [2.05, 4.69) is 48.2 Å². The molecule has 0 aromatic rings. The molecule has 1 N–H and O–H groups in total. The molecule has 3 heterocycles. The van der Waals surface area contributed by atoms with Crippen molar-refractivity contribution in [2.75, 3.05) is 33.0 Å².